The maximum absolute atomic E-state index is 11.9. The van der Waals surface area contributed by atoms with Crippen LogP contribution < -0.4 is 0 Å². The largest absolute Gasteiger partial charge is 0.377 e. The smallest absolute Gasteiger partial charge is 0.222 e. The molecule has 88 valence electrons. The molecule has 1 rings (SSSR count). The number of halogens is 1. The van der Waals surface area contributed by atoms with E-state index in [2.05, 4.69) is 22.9 Å². The van der Waals surface area contributed by atoms with Gasteiger partial charge in [0.15, 0.2) is 0 Å². The summed E-state index contributed by atoms with van der Waals surface area (Å²) in [6.07, 6.45) is 3.73. The van der Waals surface area contributed by atoms with Crippen molar-refractivity contribution in [2.45, 2.75) is 38.6 Å². The standard InChI is InChI=1S/C11H20BrNO2/c1-2-10-9-15-8-7-13(10)11(14)5-3-4-6-12/h10H,2-9H2,1H3. The molecule has 15 heavy (non-hydrogen) atoms. The third kappa shape index (κ3) is 4.11. The number of rotatable bonds is 5. The van der Waals surface area contributed by atoms with E-state index in [-0.39, 0.29) is 0 Å². The number of carbonyl (C=O) groups is 1. The zero-order valence-corrected chi connectivity index (χ0v) is 11.0. The summed E-state index contributed by atoms with van der Waals surface area (Å²) in [5, 5.41) is 0.987. The summed E-state index contributed by atoms with van der Waals surface area (Å²) in [6.45, 7) is 4.28. The second-order valence-corrected chi connectivity index (χ2v) is 4.66. The monoisotopic (exact) mass is 277 g/mol. The molecule has 0 aromatic heterocycles. The van der Waals surface area contributed by atoms with Gasteiger partial charge in [-0.3, -0.25) is 4.79 Å². The molecule has 0 aromatic carbocycles. The lowest BCUT2D eigenvalue weighted by Crippen LogP contribution is -2.48. The summed E-state index contributed by atoms with van der Waals surface area (Å²) in [6, 6.07) is 0.301. The second-order valence-electron chi connectivity index (χ2n) is 3.87. The minimum atomic E-state index is 0.297. The Kier molecular flexibility index (Phi) is 6.25. The SMILES string of the molecule is CCC1COCCN1C(=O)CCCCBr. The van der Waals surface area contributed by atoms with Crippen LogP contribution in [0.4, 0.5) is 0 Å². The van der Waals surface area contributed by atoms with Gasteiger partial charge in [0.1, 0.15) is 0 Å². The molecule has 1 fully saturated rings. The van der Waals surface area contributed by atoms with Crippen molar-refractivity contribution >= 4 is 21.8 Å². The maximum atomic E-state index is 11.9. The topological polar surface area (TPSA) is 29.5 Å². The highest BCUT2D eigenvalue weighted by Crippen LogP contribution is 2.13. The average Bonchev–Trinajstić information content (AvgIpc) is 2.29. The van der Waals surface area contributed by atoms with Crippen molar-refractivity contribution in [3.8, 4) is 0 Å². The Hall–Kier alpha value is -0.0900. The number of nitrogens with zero attached hydrogens (tertiary/aromatic N) is 1. The Morgan fingerprint density at radius 2 is 2.33 bits per heavy atom. The normalized spacial score (nSPS) is 21.7. The lowest BCUT2D eigenvalue weighted by atomic mass is 10.1. The van der Waals surface area contributed by atoms with Crippen molar-refractivity contribution in [2.75, 3.05) is 25.1 Å². The van der Waals surface area contributed by atoms with Crippen LogP contribution in [0.15, 0.2) is 0 Å². The average molecular weight is 278 g/mol. The van der Waals surface area contributed by atoms with E-state index in [1.165, 1.54) is 0 Å². The number of amides is 1. The number of unbranched alkanes of at least 4 members (excludes halogenated alkanes) is 1. The van der Waals surface area contributed by atoms with E-state index < -0.39 is 0 Å². The van der Waals surface area contributed by atoms with Gasteiger partial charge in [0.05, 0.1) is 19.3 Å². The van der Waals surface area contributed by atoms with E-state index in [9.17, 15) is 4.79 Å². The van der Waals surface area contributed by atoms with Gasteiger partial charge in [-0.25, -0.2) is 0 Å². The Morgan fingerprint density at radius 3 is 3.00 bits per heavy atom. The first-order chi connectivity index (χ1) is 7.29. The molecule has 3 nitrogen and oxygen atoms in total. The van der Waals surface area contributed by atoms with Crippen molar-refractivity contribution in [3.63, 3.8) is 0 Å². The van der Waals surface area contributed by atoms with Crippen LogP contribution in [-0.2, 0) is 9.53 Å². The number of hydrogen-bond donors (Lipinski definition) is 0. The van der Waals surface area contributed by atoms with Gasteiger partial charge in [0.2, 0.25) is 5.91 Å². The van der Waals surface area contributed by atoms with Crippen molar-refractivity contribution in [1.82, 2.24) is 4.90 Å². The molecule has 0 N–H and O–H groups in total. The third-order valence-corrected chi connectivity index (χ3v) is 3.35. The highest BCUT2D eigenvalue weighted by molar-refractivity contribution is 9.09. The van der Waals surface area contributed by atoms with Crippen LogP contribution >= 0.6 is 15.9 Å². The van der Waals surface area contributed by atoms with Crippen molar-refractivity contribution in [2.24, 2.45) is 0 Å². The summed E-state index contributed by atoms with van der Waals surface area (Å²) in [7, 11) is 0. The molecule has 1 atom stereocenters. The van der Waals surface area contributed by atoms with Crippen LogP contribution in [0.1, 0.15) is 32.6 Å². The molecule has 0 spiro atoms. The lowest BCUT2D eigenvalue weighted by Gasteiger charge is -2.35. The molecule has 1 unspecified atom stereocenters. The molecule has 1 saturated heterocycles. The van der Waals surface area contributed by atoms with Crippen LogP contribution in [0.5, 0.6) is 0 Å². The molecule has 0 saturated carbocycles. The molecule has 1 amide bonds. The summed E-state index contributed by atoms with van der Waals surface area (Å²) in [4.78, 5) is 13.9. The predicted molar refractivity (Wildman–Crippen MR) is 64.3 cm³/mol. The summed E-state index contributed by atoms with van der Waals surface area (Å²) < 4.78 is 5.38. The number of alkyl halides is 1. The molecule has 0 bridgehead atoms. The molecule has 0 aromatic rings. The van der Waals surface area contributed by atoms with Crippen LogP contribution in [0, 0.1) is 0 Å². The van der Waals surface area contributed by atoms with Gasteiger partial charge in [-0.05, 0) is 19.3 Å². The summed E-state index contributed by atoms with van der Waals surface area (Å²) in [5.41, 5.74) is 0. The van der Waals surface area contributed by atoms with E-state index in [4.69, 9.17) is 4.74 Å². The second kappa shape index (κ2) is 7.23. The fourth-order valence-corrected chi connectivity index (χ4v) is 2.23. The first kappa shape index (κ1) is 13.0. The zero-order valence-electron chi connectivity index (χ0n) is 9.38. The van der Waals surface area contributed by atoms with Gasteiger partial charge >= 0.3 is 0 Å². The molecule has 1 aliphatic rings. The van der Waals surface area contributed by atoms with E-state index >= 15 is 0 Å². The minimum absolute atomic E-state index is 0.297. The van der Waals surface area contributed by atoms with E-state index in [0.717, 1.165) is 31.1 Å². The highest BCUT2D eigenvalue weighted by atomic mass is 79.9. The van der Waals surface area contributed by atoms with Gasteiger partial charge in [0, 0.05) is 18.3 Å². The van der Waals surface area contributed by atoms with Gasteiger partial charge in [0.25, 0.3) is 0 Å². The van der Waals surface area contributed by atoms with Crippen LogP contribution in [0.3, 0.4) is 0 Å². The van der Waals surface area contributed by atoms with E-state index in [1.54, 1.807) is 0 Å². The Labute approximate surface area is 100 Å². The molecule has 1 heterocycles. The van der Waals surface area contributed by atoms with Crippen LogP contribution in [0.25, 0.3) is 0 Å². The molecule has 0 radical (unpaired) electrons. The van der Waals surface area contributed by atoms with Gasteiger partial charge in [-0.1, -0.05) is 22.9 Å². The molecule has 0 aliphatic carbocycles. The van der Waals surface area contributed by atoms with Gasteiger partial charge in [-0.15, -0.1) is 0 Å². The number of hydrogen-bond acceptors (Lipinski definition) is 2. The number of morpholine rings is 1. The van der Waals surface area contributed by atoms with Gasteiger partial charge < -0.3 is 9.64 Å². The Bertz CT molecular complexity index is 199. The van der Waals surface area contributed by atoms with E-state index in [1.807, 2.05) is 4.90 Å². The molecule has 1 aliphatic heterocycles. The number of ether oxygens (including phenoxy) is 1. The fourth-order valence-electron chi connectivity index (χ4n) is 1.84. The fraction of sp³-hybridized carbons (Fsp3) is 0.909. The van der Waals surface area contributed by atoms with Gasteiger partial charge in [-0.2, -0.15) is 0 Å². The first-order valence-corrected chi connectivity index (χ1v) is 6.85. The minimum Gasteiger partial charge on any atom is -0.377 e. The van der Waals surface area contributed by atoms with Crippen LogP contribution in [-0.4, -0.2) is 41.9 Å². The summed E-state index contributed by atoms with van der Waals surface area (Å²) in [5.74, 6) is 0.297. The molecular formula is C11H20BrNO2. The highest BCUT2D eigenvalue weighted by Gasteiger charge is 2.24. The van der Waals surface area contributed by atoms with Crippen molar-refractivity contribution < 1.29 is 9.53 Å². The Morgan fingerprint density at radius 1 is 1.53 bits per heavy atom. The quantitative estimate of drug-likeness (QED) is 0.570. The van der Waals surface area contributed by atoms with Crippen molar-refractivity contribution in [1.29, 1.82) is 0 Å². The predicted octanol–water partition coefficient (Wildman–Crippen LogP) is 2.19. The maximum Gasteiger partial charge on any atom is 0.222 e. The zero-order chi connectivity index (χ0) is 11.1. The Balaban J connectivity index is 2.34. The van der Waals surface area contributed by atoms with Crippen molar-refractivity contribution in [3.05, 3.63) is 0 Å². The van der Waals surface area contributed by atoms with E-state index in [0.29, 0.717) is 31.6 Å². The lowest BCUT2D eigenvalue weighted by molar-refractivity contribution is -0.140. The molecular weight excluding hydrogens is 258 g/mol. The third-order valence-electron chi connectivity index (χ3n) is 2.79. The first-order valence-electron chi connectivity index (χ1n) is 5.72. The van der Waals surface area contributed by atoms with Crippen LogP contribution in [0.2, 0.25) is 0 Å². The number of carbonyl (C=O) groups excluding carboxylic acids is 1. The molecule has 4 heteroatoms. The summed E-state index contributed by atoms with van der Waals surface area (Å²) >= 11 is 3.38.